The summed E-state index contributed by atoms with van der Waals surface area (Å²) in [6, 6.07) is 0. The molecule has 2 atom stereocenters. The Kier molecular flexibility index (Phi) is 1.29. The van der Waals surface area contributed by atoms with Crippen molar-refractivity contribution in [2.45, 2.75) is 24.8 Å². The van der Waals surface area contributed by atoms with E-state index in [0.717, 1.165) is 5.57 Å². The van der Waals surface area contributed by atoms with Crippen molar-refractivity contribution in [1.82, 2.24) is 0 Å². The molecule has 52 valence electrons. The first-order valence-corrected chi connectivity index (χ1v) is 3.73. The SMILES string of the molecule is C=C(C)[C@]1(C)CC1(F)Br. The molecule has 0 radical (unpaired) electrons. The number of alkyl halides is 2. The van der Waals surface area contributed by atoms with E-state index >= 15 is 0 Å². The zero-order valence-corrected chi connectivity index (χ0v) is 7.26. The summed E-state index contributed by atoms with van der Waals surface area (Å²) in [7, 11) is 0. The maximum Gasteiger partial charge on any atom is 0.175 e. The van der Waals surface area contributed by atoms with Crippen LogP contribution in [0.1, 0.15) is 20.3 Å². The van der Waals surface area contributed by atoms with Crippen LogP contribution in [0.2, 0.25) is 0 Å². The van der Waals surface area contributed by atoms with Gasteiger partial charge in [-0.1, -0.05) is 19.1 Å². The molecule has 0 heterocycles. The second-order valence-electron chi connectivity index (χ2n) is 2.99. The zero-order valence-electron chi connectivity index (χ0n) is 5.67. The van der Waals surface area contributed by atoms with Crippen LogP contribution in [-0.2, 0) is 0 Å². The second kappa shape index (κ2) is 1.60. The predicted molar refractivity (Wildman–Crippen MR) is 40.3 cm³/mol. The van der Waals surface area contributed by atoms with Gasteiger partial charge < -0.3 is 0 Å². The van der Waals surface area contributed by atoms with E-state index in [9.17, 15) is 4.39 Å². The van der Waals surface area contributed by atoms with Crippen molar-refractivity contribution in [3.63, 3.8) is 0 Å². The van der Waals surface area contributed by atoms with Crippen LogP contribution in [0.25, 0.3) is 0 Å². The maximum atomic E-state index is 13.0. The van der Waals surface area contributed by atoms with Crippen molar-refractivity contribution < 1.29 is 4.39 Å². The lowest BCUT2D eigenvalue weighted by atomic mass is 10.0. The van der Waals surface area contributed by atoms with Crippen LogP contribution < -0.4 is 0 Å². The van der Waals surface area contributed by atoms with E-state index in [4.69, 9.17) is 0 Å². The molecule has 1 saturated carbocycles. The van der Waals surface area contributed by atoms with Gasteiger partial charge in [0.05, 0.1) is 0 Å². The van der Waals surface area contributed by atoms with E-state index in [1.54, 1.807) is 0 Å². The minimum absolute atomic E-state index is 0.299. The molecule has 0 spiro atoms. The van der Waals surface area contributed by atoms with Crippen LogP contribution >= 0.6 is 15.9 Å². The molecule has 0 aromatic carbocycles. The first kappa shape index (κ1) is 7.26. The van der Waals surface area contributed by atoms with Gasteiger partial charge in [0.2, 0.25) is 0 Å². The average Bonchev–Trinajstić information content (AvgIpc) is 2.08. The smallest absolute Gasteiger partial charge is 0.175 e. The average molecular weight is 193 g/mol. The molecular formula is C7H10BrF. The monoisotopic (exact) mass is 192 g/mol. The van der Waals surface area contributed by atoms with Crippen LogP contribution in [0.15, 0.2) is 12.2 Å². The third kappa shape index (κ3) is 0.841. The lowest BCUT2D eigenvalue weighted by Crippen LogP contribution is -2.04. The molecule has 2 heteroatoms. The van der Waals surface area contributed by atoms with Gasteiger partial charge in [-0.15, -0.1) is 0 Å². The van der Waals surface area contributed by atoms with E-state index in [1.165, 1.54) is 0 Å². The highest BCUT2D eigenvalue weighted by Gasteiger charge is 2.64. The largest absolute Gasteiger partial charge is 0.230 e. The summed E-state index contributed by atoms with van der Waals surface area (Å²) < 4.78 is 11.8. The Hall–Kier alpha value is 0.150. The number of allylic oxidation sites excluding steroid dienone is 1. The van der Waals surface area contributed by atoms with Crippen molar-refractivity contribution >= 4 is 15.9 Å². The highest BCUT2D eigenvalue weighted by Crippen LogP contribution is 2.66. The summed E-state index contributed by atoms with van der Waals surface area (Å²) in [6.45, 7) is 7.46. The molecule has 9 heavy (non-hydrogen) atoms. The van der Waals surface area contributed by atoms with Crippen LogP contribution in [-0.4, -0.2) is 4.58 Å². The molecule has 0 amide bonds. The topological polar surface area (TPSA) is 0 Å². The Morgan fingerprint density at radius 2 is 2.11 bits per heavy atom. The summed E-state index contributed by atoms with van der Waals surface area (Å²) >= 11 is 2.98. The van der Waals surface area contributed by atoms with Crippen LogP contribution in [0.3, 0.4) is 0 Å². The van der Waals surface area contributed by atoms with Gasteiger partial charge in [-0.2, -0.15) is 0 Å². The quantitative estimate of drug-likeness (QED) is 0.443. The molecule has 1 fully saturated rings. The first-order chi connectivity index (χ1) is 3.90. The van der Waals surface area contributed by atoms with Crippen molar-refractivity contribution in [3.8, 4) is 0 Å². The molecule has 0 aliphatic heterocycles. The van der Waals surface area contributed by atoms with Gasteiger partial charge in [-0.05, 0) is 22.9 Å². The number of hydrogen-bond acceptors (Lipinski definition) is 0. The third-order valence-electron chi connectivity index (χ3n) is 2.20. The molecule has 0 N–H and O–H groups in total. The standard InChI is InChI=1S/C7H10BrF/c1-5(2)6(3)4-7(6,8)9/h1,4H2,2-3H3/t6-,7?/m0/s1. The summed E-state index contributed by atoms with van der Waals surface area (Å²) in [5.41, 5.74) is 0.620. The van der Waals surface area contributed by atoms with E-state index in [0.29, 0.717) is 6.42 Å². The molecule has 1 aliphatic carbocycles. The number of hydrogen-bond donors (Lipinski definition) is 0. The Morgan fingerprint density at radius 1 is 1.78 bits per heavy atom. The second-order valence-corrected chi connectivity index (χ2v) is 4.25. The Balaban J connectivity index is 2.74. The van der Waals surface area contributed by atoms with Gasteiger partial charge in [0.15, 0.2) is 4.58 Å². The maximum absolute atomic E-state index is 13.0. The van der Waals surface area contributed by atoms with E-state index in [2.05, 4.69) is 22.5 Å². The zero-order chi connectivity index (χ0) is 7.28. The molecular weight excluding hydrogens is 183 g/mol. The molecule has 0 saturated heterocycles. The minimum Gasteiger partial charge on any atom is -0.230 e. The van der Waals surface area contributed by atoms with E-state index < -0.39 is 4.58 Å². The fraction of sp³-hybridized carbons (Fsp3) is 0.714. The molecule has 0 nitrogen and oxygen atoms in total. The fourth-order valence-electron chi connectivity index (χ4n) is 0.863. The van der Waals surface area contributed by atoms with Crippen LogP contribution in [0, 0.1) is 5.41 Å². The Labute approximate surface area is 63.3 Å². The number of halogens is 2. The molecule has 1 aliphatic rings. The van der Waals surface area contributed by atoms with Gasteiger partial charge in [0.1, 0.15) is 0 Å². The van der Waals surface area contributed by atoms with Crippen LogP contribution in [0.5, 0.6) is 0 Å². The summed E-state index contributed by atoms with van der Waals surface area (Å²) in [4.78, 5) is 0. The first-order valence-electron chi connectivity index (χ1n) is 2.94. The normalized spacial score (nSPS) is 48.9. The minimum atomic E-state index is -1.16. The van der Waals surface area contributed by atoms with Gasteiger partial charge in [0, 0.05) is 11.8 Å². The molecule has 0 aromatic rings. The summed E-state index contributed by atoms with van der Waals surface area (Å²) in [5.74, 6) is 0. The van der Waals surface area contributed by atoms with Crippen LogP contribution in [0.4, 0.5) is 4.39 Å². The van der Waals surface area contributed by atoms with Gasteiger partial charge in [-0.25, -0.2) is 4.39 Å². The summed E-state index contributed by atoms with van der Waals surface area (Å²) in [6.07, 6.45) is 0.565. The number of rotatable bonds is 1. The Bertz CT molecular complexity index is 162. The molecule has 0 bridgehead atoms. The van der Waals surface area contributed by atoms with Crippen molar-refractivity contribution in [2.24, 2.45) is 5.41 Å². The Morgan fingerprint density at radius 3 is 2.11 bits per heavy atom. The predicted octanol–water partition coefficient (Wildman–Crippen LogP) is 3.03. The van der Waals surface area contributed by atoms with Crippen molar-refractivity contribution in [2.75, 3.05) is 0 Å². The van der Waals surface area contributed by atoms with E-state index in [1.807, 2.05) is 13.8 Å². The van der Waals surface area contributed by atoms with Crippen molar-refractivity contribution in [1.29, 1.82) is 0 Å². The fourth-order valence-corrected chi connectivity index (χ4v) is 1.76. The molecule has 0 aromatic heterocycles. The van der Waals surface area contributed by atoms with Crippen molar-refractivity contribution in [3.05, 3.63) is 12.2 Å². The highest BCUT2D eigenvalue weighted by atomic mass is 79.9. The lowest BCUT2D eigenvalue weighted by Gasteiger charge is -2.08. The third-order valence-corrected chi connectivity index (χ3v) is 3.36. The van der Waals surface area contributed by atoms with Gasteiger partial charge >= 0.3 is 0 Å². The molecule has 1 unspecified atom stereocenters. The summed E-state index contributed by atoms with van der Waals surface area (Å²) in [5, 5.41) is 0. The molecule has 1 rings (SSSR count). The highest BCUT2D eigenvalue weighted by molar-refractivity contribution is 9.10. The lowest BCUT2D eigenvalue weighted by molar-refractivity contribution is 0.380. The van der Waals surface area contributed by atoms with Gasteiger partial charge in [0.25, 0.3) is 0 Å². The van der Waals surface area contributed by atoms with Gasteiger partial charge in [-0.3, -0.25) is 0 Å². The van der Waals surface area contributed by atoms with E-state index in [-0.39, 0.29) is 5.41 Å².